The van der Waals surface area contributed by atoms with Crippen LogP contribution in [0, 0.1) is 0 Å². The number of benzene rings is 2. The lowest BCUT2D eigenvalue weighted by Crippen LogP contribution is -2.26. The highest BCUT2D eigenvalue weighted by molar-refractivity contribution is 5.94. The molecule has 2 aromatic carbocycles. The summed E-state index contributed by atoms with van der Waals surface area (Å²) >= 11 is 0. The van der Waals surface area contributed by atoms with Gasteiger partial charge in [0.05, 0.1) is 7.11 Å². The molecule has 1 aliphatic rings. The predicted molar refractivity (Wildman–Crippen MR) is 86.2 cm³/mol. The number of rotatable bonds is 4. The number of carbonyl (C=O) groups is 1. The van der Waals surface area contributed by atoms with E-state index in [0.717, 1.165) is 11.3 Å². The molecule has 0 fully saturated rings. The quantitative estimate of drug-likeness (QED) is 0.871. The highest BCUT2D eigenvalue weighted by Gasteiger charge is 2.17. The van der Waals surface area contributed by atoms with Gasteiger partial charge in [-0.05, 0) is 35.9 Å². The molecule has 120 valence electrons. The molecule has 0 saturated heterocycles. The Balaban J connectivity index is 1.71. The number of methoxy groups -OCH3 is 1. The van der Waals surface area contributed by atoms with Crippen LogP contribution in [-0.4, -0.2) is 38.2 Å². The zero-order valence-electron chi connectivity index (χ0n) is 13.2. The van der Waals surface area contributed by atoms with Crippen molar-refractivity contribution in [1.29, 1.82) is 0 Å². The van der Waals surface area contributed by atoms with Crippen molar-refractivity contribution in [2.75, 3.05) is 27.4 Å². The molecular weight excluding hydrogens is 294 g/mol. The van der Waals surface area contributed by atoms with Crippen LogP contribution < -0.4 is 14.2 Å². The third kappa shape index (κ3) is 3.39. The first-order valence-electron chi connectivity index (χ1n) is 7.45. The van der Waals surface area contributed by atoms with Gasteiger partial charge in [0, 0.05) is 19.2 Å². The lowest BCUT2D eigenvalue weighted by molar-refractivity contribution is 0.0784. The second-order valence-electron chi connectivity index (χ2n) is 5.37. The van der Waals surface area contributed by atoms with E-state index in [4.69, 9.17) is 14.2 Å². The van der Waals surface area contributed by atoms with Crippen LogP contribution in [0.25, 0.3) is 0 Å². The van der Waals surface area contributed by atoms with Crippen LogP contribution in [0.3, 0.4) is 0 Å². The molecule has 1 heterocycles. The number of nitrogens with zero attached hydrogens (tertiary/aromatic N) is 1. The maximum Gasteiger partial charge on any atom is 0.254 e. The molecule has 0 atom stereocenters. The summed E-state index contributed by atoms with van der Waals surface area (Å²) in [7, 11) is 3.41. The lowest BCUT2D eigenvalue weighted by Gasteiger charge is -2.21. The Labute approximate surface area is 135 Å². The Morgan fingerprint density at radius 2 is 1.78 bits per heavy atom. The van der Waals surface area contributed by atoms with Crippen molar-refractivity contribution in [2.24, 2.45) is 0 Å². The molecule has 2 aromatic rings. The van der Waals surface area contributed by atoms with E-state index in [-0.39, 0.29) is 5.91 Å². The smallest absolute Gasteiger partial charge is 0.254 e. The van der Waals surface area contributed by atoms with Gasteiger partial charge in [-0.2, -0.15) is 0 Å². The van der Waals surface area contributed by atoms with Crippen molar-refractivity contribution >= 4 is 5.91 Å². The third-order valence-electron chi connectivity index (χ3n) is 3.71. The van der Waals surface area contributed by atoms with Gasteiger partial charge in [0.2, 0.25) is 0 Å². The summed E-state index contributed by atoms with van der Waals surface area (Å²) in [6.07, 6.45) is 0. The minimum Gasteiger partial charge on any atom is -0.497 e. The number of amides is 1. The van der Waals surface area contributed by atoms with E-state index in [1.807, 2.05) is 24.3 Å². The van der Waals surface area contributed by atoms with Crippen LogP contribution in [0.5, 0.6) is 17.2 Å². The van der Waals surface area contributed by atoms with Crippen LogP contribution >= 0.6 is 0 Å². The van der Waals surface area contributed by atoms with E-state index in [1.165, 1.54) is 0 Å². The molecule has 5 nitrogen and oxygen atoms in total. The van der Waals surface area contributed by atoms with Gasteiger partial charge in [0.15, 0.2) is 11.5 Å². The van der Waals surface area contributed by atoms with Gasteiger partial charge < -0.3 is 19.1 Å². The maximum absolute atomic E-state index is 12.6. The Hall–Kier alpha value is -2.69. The molecule has 1 aliphatic heterocycles. The molecule has 5 heteroatoms. The highest BCUT2D eigenvalue weighted by atomic mass is 16.6. The maximum atomic E-state index is 12.6. The largest absolute Gasteiger partial charge is 0.497 e. The van der Waals surface area contributed by atoms with Crippen LogP contribution in [0.15, 0.2) is 42.5 Å². The second kappa shape index (κ2) is 6.60. The van der Waals surface area contributed by atoms with Crippen LogP contribution in [0.4, 0.5) is 0 Å². The average Bonchev–Trinajstić information content (AvgIpc) is 2.61. The standard InChI is InChI=1S/C18H19NO4/c1-19(12-13-3-6-15(21-2)7-4-13)18(20)14-5-8-16-17(11-14)23-10-9-22-16/h3-8,11H,9-10,12H2,1-2H3. The molecule has 0 unspecified atom stereocenters. The van der Waals surface area contributed by atoms with Crippen molar-refractivity contribution < 1.29 is 19.0 Å². The zero-order valence-corrected chi connectivity index (χ0v) is 13.2. The molecule has 23 heavy (non-hydrogen) atoms. The highest BCUT2D eigenvalue weighted by Crippen LogP contribution is 2.31. The van der Waals surface area contributed by atoms with Gasteiger partial charge >= 0.3 is 0 Å². The molecule has 0 spiro atoms. The average molecular weight is 313 g/mol. The molecule has 0 aliphatic carbocycles. The zero-order chi connectivity index (χ0) is 16.2. The molecular formula is C18H19NO4. The molecule has 0 N–H and O–H groups in total. The minimum absolute atomic E-state index is 0.0576. The first-order chi connectivity index (χ1) is 11.2. The van der Waals surface area contributed by atoms with E-state index in [9.17, 15) is 4.79 Å². The third-order valence-corrected chi connectivity index (χ3v) is 3.71. The van der Waals surface area contributed by atoms with Gasteiger partial charge in [-0.15, -0.1) is 0 Å². The Bertz CT molecular complexity index is 697. The van der Waals surface area contributed by atoms with Crippen molar-refractivity contribution in [3.63, 3.8) is 0 Å². The monoisotopic (exact) mass is 313 g/mol. The fourth-order valence-corrected chi connectivity index (χ4v) is 2.47. The summed E-state index contributed by atoms with van der Waals surface area (Å²) in [6.45, 7) is 1.57. The minimum atomic E-state index is -0.0576. The molecule has 0 bridgehead atoms. The van der Waals surface area contributed by atoms with Gasteiger partial charge in [-0.25, -0.2) is 0 Å². The summed E-state index contributed by atoms with van der Waals surface area (Å²) in [4.78, 5) is 14.2. The van der Waals surface area contributed by atoms with Crippen molar-refractivity contribution in [2.45, 2.75) is 6.54 Å². The number of ether oxygens (including phenoxy) is 3. The van der Waals surface area contributed by atoms with Crippen molar-refractivity contribution in [3.8, 4) is 17.2 Å². The second-order valence-corrected chi connectivity index (χ2v) is 5.37. The van der Waals surface area contributed by atoms with Gasteiger partial charge in [0.25, 0.3) is 5.91 Å². The normalized spacial score (nSPS) is 12.6. The molecule has 0 aromatic heterocycles. The van der Waals surface area contributed by atoms with E-state index in [1.54, 1.807) is 37.3 Å². The fraction of sp³-hybridized carbons (Fsp3) is 0.278. The Kier molecular flexibility index (Phi) is 4.37. The predicted octanol–water partition coefficient (Wildman–Crippen LogP) is 2.74. The van der Waals surface area contributed by atoms with E-state index >= 15 is 0 Å². The Morgan fingerprint density at radius 3 is 2.48 bits per heavy atom. The topological polar surface area (TPSA) is 48.0 Å². The molecule has 3 rings (SSSR count). The van der Waals surface area contributed by atoms with E-state index in [0.29, 0.717) is 36.8 Å². The number of hydrogen-bond donors (Lipinski definition) is 0. The first kappa shape index (κ1) is 15.2. The van der Waals surface area contributed by atoms with Crippen LogP contribution in [0.2, 0.25) is 0 Å². The number of carbonyl (C=O) groups excluding carboxylic acids is 1. The van der Waals surface area contributed by atoms with Crippen molar-refractivity contribution in [3.05, 3.63) is 53.6 Å². The van der Waals surface area contributed by atoms with Gasteiger partial charge in [0.1, 0.15) is 19.0 Å². The number of hydrogen-bond acceptors (Lipinski definition) is 4. The lowest BCUT2D eigenvalue weighted by atomic mass is 10.1. The summed E-state index contributed by atoms with van der Waals surface area (Å²) in [5, 5.41) is 0. The van der Waals surface area contributed by atoms with Crippen LogP contribution in [0.1, 0.15) is 15.9 Å². The summed E-state index contributed by atoms with van der Waals surface area (Å²) in [6, 6.07) is 13.0. The molecule has 0 radical (unpaired) electrons. The Morgan fingerprint density at radius 1 is 1.09 bits per heavy atom. The fourth-order valence-electron chi connectivity index (χ4n) is 2.47. The van der Waals surface area contributed by atoms with Gasteiger partial charge in [-0.3, -0.25) is 4.79 Å². The molecule has 1 amide bonds. The summed E-state index contributed by atoms with van der Waals surface area (Å²) in [5.41, 5.74) is 1.63. The SMILES string of the molecule is COc1ccc(CN(C)C(=O)c2ccc3c(c2)OCCO3)cc1. The summed E-state index contributed by atoms with van der Waals surface area (Å²) in [5.74, 6) is 2.05. The molecule has 0 saturated carbocycles. The van der Waals surface area contributed by atoms with Gasteiger partial charge in [-0.1, -0.05) is 12.1 Å². The number of fused-ring (bicyclic) bond motifs is 1. The van der Waals surface area contributed by atoms with E-state index < -0.39 is 0 Å². The van der Waals surface area contributed by atoms with E-state index in [2.05, 4.69) is 0 Å². The van der Waals surface area contributed by atoms with Crippen LogP contribution in [-0.2, 0) is 6.54 Å². The van der Waals surface area contributed by atoms with Crippen molar-refractivity contribution in [1.82, 2.24) is 4.90 Å². The summed E-state index contributed by atoms with van der Waals surface area (Å²) < 4.78 is 16.1. The first-order valence-corrected chi connectivity index (χ1v) is 7.45.